The second kappa shape index (κ2) is 9.43. The number of alkyl halides is 3. The van der Waals surface area contributed by atoms with Crippen LogP contribution < -0.4 is 0 Å². The average molecular weight is 404 g/mol. The van der Waals surface area contributed by atoms with E-state index in [9.17, 15) is 31.1 Å². The van der Waals surface area contributed by atoms with Gasteiger partial charge >= 0.3 is 12.1 Å². The normalized spacial score (nSPS) is 13.5. The summed E-state index contributed by atoms with van der Waals surface area (Å²) in [5.74, 6) is -4.90. The fraction of sp³-hybridized carbons (Fsp3) is 0.250. The minimum absolute atomic E-state index is 0.00151. The molecule has 0 aliphatic heterocycles. The van der Waals surface area contributed by atoms with E-state index < -0.39 is 40.8 Å². The maximum Gasteiger partial charge on any atom is 0.415 e. The van der Waals surface area contributed by atoms with Gasteiger partial charge in [0.25, 0.3) is 0 Å². The lowest BCUT2D eigenvalue weighted by Gasteiger charge is -2.15. The number of benzene rings is 1. The molecule has 0 radical (unpaired) electrons. The van der Waals surface area contributed by atoms with Crippen molar-refractivity contribution in [1.82, 2.24) is 0 Å². The van der Waals surface area contributed by atoms with Gasteiger partial charge in [-0.15, -0.1) is 0 Å². The van der Waals surface area contributed by atoms with Crippen molar-refractivity contribution in [1.29, 1.82) is 0 Å². The van der Waals surface area contributed by atoms with Gasteiger partial charge < -0.3 is 4.74 Å². The first-order chi connectivity index (χ1) is 12.9. The number of carbonyl (C=O) groups is 1. The predicted octanol–water partition coefficient (Wildman–Crippen LogP) is 6.21. The molecule has 0 heterocycles. The van der Waals surface area contributed by atoms with Crippen molar-refractivity contribution in [2.45, 2.75) is 26.9 Å². The number of allylic oxidation sites excluding steroid dienone is 6. The van der Waals surface area contributed by atoms with E-state index in [1.165, 1.54) is 20.8 Å². The highest BCUT2D eigenvalue weighted by atomic mass is 19.4. The Morgan fingerprint density at radius 3 is 2.14 bits per heavy atom. The van der Waals surface area contributed by atoms with Crippen molar-refractivity contribution in [2.24, 2.45) is 0 Å². The first kappa shape index (κ1) is 23.3. The Hall–Kier alpha value is -2.77. The summed E-state index contributed by atoms with van der Waals surface area (Å²) in [4.78, 5) is 11.2. The molecule has 8 heteroatoms. The van der Waals surface area contributed by atoms with Gasteiger partial charge in [0.1, 0.15) is 5.82 Å². The van der Waals surface area contributed by atoms with Gasteiger partial charge in [-0.2, -0.15) is 13.2 Å². The maximum atomic E-state index is 14.7. The summed E-state index contributed by atoms with van der Waals surface area (Å²) in [6, 6.07) is 1.96. The number of rotatable bonds is 6. The number of aryl methyl sites for hydroxylation is 2. The van der Waals surface area contributed by atoms with Crippen LogP contribution in [0, 0.1) is 19.7 Å². The molecule has 1 aromatic carbocycles. The lowest BCUT2D eigenvalue weighted by Crippen LogP contribution is -2.10. The van der Waals surface area contributed by atoms with E-state index in [0.29, 0.717) is 18.2 Å². The molecule has 0 aliphatic rings. The van der Waals surface area contributed by atoms with E-state index in [0.717, 1.165) is 12.1 Å². The van der Waals surface area contributed by atoms with Crippen molar-refractivity contribution in [3.63, 3.8) is 0 Å². The van der Waals surface area contributed by atoms with Crippen LogP contribution in [0.5, 0.6) is 0 Å². The predicted molar refractivity (Wildman–Crippen MR) is 94.1 cm³/mol. The Kier molecular flexibility index (Phi) is 7.84. The summed E-state index contributed by atoms with van der Waals surface area (Å²) in [6.45, 7) is 7.02. The van der Waals surface area contributed by atoms with E-state index >= 15 is 0 Å². The molecule has 1 aromatic rings. The largest absolute Gasteiger partial charge is 0.463 e. The standard InChI is InChI=1S/C20H18F6O2/c1-5-28-17(27)7-6-16(22)19(23)15(10-13(4)20(24,25)26)18-11(2)8-14(21)9-12(18)3/h6-10H,4-5H2,1-3H3/b7-6-,15-10-,19-16+. The third-order valence-corrected chi connectivity index (χ3v) is 3.55. The van der Waals surface area contributed by atoms with Gasteiger partial charge in [-0.1, -0.05) is 6.58 Å². The molecule has 0 fully saturated rings. The summed E-state index contributed by atoms with van der Waals surface area (Å²) < 4.78 is 85.6. The van der Waals surface area contributed by atoms with E-state index in [1.807, 2.05) is 0 Å². The van der Waals surface area contributed by atoms with Crippen LogP contribution in [-0.2, 0) is 9.53 Å². The lowest BCUT2D eigenvalue weighted by atomic mass is 9.92. The molecule has 0 N–H and O–H groups in total. The smallest absolute Gasteiger partial charge is 0.415 e. The van der Waals surface area contributed by atoms with Gasteiger partial charge in [0.05, 0.1) is 6.61 Å². The van der Waals surface area contributed by atoms with Crippen LogP contribution in [0.15, 0.2) is 54.2 Å². The lowest BCUT2D eigenvalue weighted by molar-refractivity contribution is -0.137. The maximum absolute atomic E-state index is 14.7. The molecule has 152 valence electrons. The Morgan fingerprint density at radius 2 is 1.68 bits per heavy atom. The fourth-order valence-electron chi connectivity index (χ4n) is 2.37. The second-order valence-electron chi connectivity index (χ2n) is 5.74. The molecule has 0 spiro atoms. The molecular weight excluding hydrogens is 386 g/mol. The van der Waals surface area contributed by atoms with Crippen LogP contribution in [0.4, 0.5) is 26.3 Å². The molecular formula is C20H18F6O2. The second-order valence-corrected chi connectivity index (χ2v) is 5.74. The highest BCUT2D eigenvalue weighted by Crippen LogP contribution is 2.36. The van der Waals surface area contributed by atoms with Crippen molar-refractivity contribution in [3.8, 4) is 0 Å². The summed E-state index contributed by atoms with van der Waals surface area (Å²) in [5.41, 5.74) is -2.14. The van der Waals surface area contributed by atoms with Crippen LogP contribution in [0.2, 0.25) is 0 Å². The highest BCUT2D eigenvalue weighted by molar-refractivity contribution is 5.85. The van der Waals surface area contributed by atoms with Gasteiger partial charge in [0.2, 0.25) is 0 Å². The summed E-state index contributed by atoms with van der Waals surface area (Å²) in [7, 11) is 0. The Bertz CT molecular complexity index is 837. The van der Waals surface area contributed by atoms with E-state index in [4.69, 9.17) is 0 Å². The number of ether oxygens (including phenoxy) is 1. The minimum atomic E-state index is -4.88. The van der Waals surface area contributed by atoms with E-state index in [-0.39, 0.29) is 23.3 Å². The van der Waals surface area contributed by atoms with Crippen molar-refractivity contribution in [3.05, 3.63) is 76.7 Å². The number of hydrogen-bond donors (Lipinski definition) is 0. The van der Waals surface area contributed by atoms with Crippen molar-refractivity contribution >= 4 is 11.5 Å². The Balaban J connectivity index is 3.61. The van der Waals surface area contributed by atoms with Gasteiger partial charge in [-0.05, 0) is 61.7 Å². The van der Waals surface area contributed by atoms with Crippen LogP contribution in [0.25, 0.3) is 5.57 Å². The Morgan fingerprint density at radius 1 is 1.14 bits per heavy atom. The zero-order valence-corrected chi connectivity index (χ0v) is 15.4. The Labute approximate surface area is 158 Å². The minimum Gasteiger partial charge on any atom is -0.463 e. The monoisotopic (exact) mass is 404 g/mol. The SMILES string of the molecule is C=C(\C=C(/C(F)=C(F)/C=C\C(=O)OCC)c1c(C)cc(F)cc1C)C(F)(F)F. The zero-order chi connectivity index (χ0) is 21.6. The summed E-state index contributed by atoms with van der Waals surface area (Å²) in [5, 5.41) is 0. The molecule has 0 saturated carbocycles. The third-order valence-electron chi connectivity index (χ3n) is 3.55. The molecule has 2 nitrogen and oxygen atoms in total. The van der Waals surface area contributed by atoms with Crippen LogP contribution in [0.1, 0.15) is 23.6 Å². The highest BCUT2D eigenvalue weighted by Gasteiger charge is 2.31. The third kappa shape index (κ3) is 6.14. The van der Waals surface area contributed by atoms with Gasteiger partial charge in [-0.25, -0.2) is 18.0 Å². The van der Waals surface area contributed by atoms with Crippen molar-refractivity contribution in [2.75, 3.05) is 6.61 Å². The first-order valence-electron chi connectivity index (χ1n) is 8.03. The van der Waals surface area contributed by atoms with Gasteiger partial charge in [-0.3, -0.25) is 0 Å². The quantitative estimate of drug-likeness (QED) is 0.244. The number of hydrogen-bond acceptors (Lipinski definition) is 2. The molecule has 0 bridgehead atoms. The molecule has 0 saturated heterocycles. The molecule has 0 atom stereocenters. The first-order valence-corrected chi connectivity index (χ1v) is 8.03. The van der Waals surface area contributed by atoms with Crippen LogP contribution >= 0.6 is 0 Å². The molecule has 28 heavy (non-hydrogen) atoms. The van der Waals surface area contributed by atoms with E-state index in [1.54, 1.807) is 0 Å². The van der Waals surface area contributed by atoms with Gasteiger partial charge in [0.15, 0.2) is 11.7 Å². The van der Waals surface area contributed by atoms with Crippen LogP contribution in [-0.4, -0.2) is 18.8 Å². The number of halogens is 6. The summed E-state index contributed by atoms with van der Waals surface area (Å²) >= 11 is 0. The van der Waals surface area contributed by atoms with Crippen LogP contribution in [0.3, 0.4) is 0 Å². The molecule has 0 aromatic heterocycles. The molecule has 1 rings (SSSR count). The van der Waals surface area contributed by atoms with Gasteiger partial charge in [0, 0.05) is 17.2 Å². The average Bonchev–Trinajstić information content (AvgIpc) is 2.56. The molecule has 0 amide bonds. The zero-order valence-electron chi connectivity index (χ0n) is 15.4. The molecule has 0 unspecified atom stereocenters. The fourth-order valence-corrected chi connectivity index (χ4v) is 2.37. The number of carbonyl (C=O) groups excluding carboxylic acids is 1. The molecule has 0 aliphatic carbocycles. The van der Waals surface area contributed by atoms with Crippen molar-refractivity contribution < 1.29 is 35.9 Å². The summed E-state index contributed by atoms with van der Waals surface area (Å²) in [6.07, 6.45) is -3.52. The van der Waals surface area contributed by atoms with E-state index in [2.05, 4.69) is 11.3 Å². The topological polar surface area (TPSA) is 26.3 Å². The number of esters is 1.